The second kappa shape index (κ2) is 6.95. The molecule has 0 bridgehead atoms. The first-order valence-corrected chi connectivity index (χ1v) is 8.71. The average Bonchev–Trinajstić information content (AvgIpc) is 3.03. The summed E-state index contributed by atoms with van der Waals surface area (Å²) >= 11 is 0. The van der Waals surface area contributed by atoms with Crippen LogP contribution in [0.15, 0.2) is 68.4 Å². The molecule has 1 aromatic heterocycles. The van der Waals surface area contributed by atoms with Gasteiger partial charge >= 0.3 is 12.1 Å². The Kier molecular flexibility index (Phi) is 4.54. The number of aromatic amines is 1. The molecule has 11 heteroatoms. The Balaban J connectivity index is 1.64. The lowest BCUT2D eigenvalue weighted by Crippen LogP contribution is -2.44. The Hall–Kier alpha value is -3.73. The molecule has 4 rings (SSSR count). The van der Waals surface area contributed by atoms with E-state index in [-0.39, 0.29) is 11.7 Å². The SMILES string of the molecule is CC1=CNC(Nc2cccc(OC(F)(F)F)c2)=NC1(N)c1ccc2oc(=O)[nH]c2c1. The van der Waals surface area contributed by atoms with Crippen molar-refractivity contribution >= 4 is 22.7 Å². The highest BCUT2D eigenvalue weighted by atomic mass is 19.4. The Labute approximate surface area is 167 Å². The minimum atomic E-state index is -4.79. The second-order valence-corrected chi connectivity index (χ2v) is 6.62. The van der Waals surface area contributed by atoms with Crippen LogP contribution < -0.4 is 26.9 Å². The van der Waals surface area contributed by atoms with Gasteiger partial charge < -0.3 is 19.8 Å². The smallest absolute Gasteiger partial charge is 0.408 e. The number of alkyl halides is 3. The fourth-order valence-corrected chi connectivity index (χ4v) is 3.04. The summed E-state index contributed by atoms with van der Waals surface area (Å²) in [5.41, 5.74) is 7.68. The van der Waals surface area contributed by atoms with Gasteiger partial charge in [-0.2, -0.15) is 0 Å². The molecule has 0 radical (unpaired) electrons. The largest absolute Gasteiger partial charge is 0.573 e. The van der Waals surface area contributed by atoms with Crippen molar-refractivity contribution in [2.24, 2.45) is 10.7 Å². The lowest BCUT2D eigenvalue weighted by Gasteiger charge is -2.31. The van der Waals surface area contributed by atoms with Crippen LogP contribution >= 0.6 is 0 Å². The van der Waals surface area contributed by atoms with E-state index in [1.807, 2.05) is 0 Å². The lowest BCUT2D eigenvalue weighted by molar-refractivity contribution is -0.274. The third kappa shape index (κ3) is 3.87. The zero-order valence-corrected chi connectivity index (χ0v) is 15.5. The van der Waals surface area contributed by atoms with Gasteiger partial charge in [0.25, 0.3) is 0 Å². The number of fused-ring (bicyclic) bond motifs is 1. The molecule has 0 saturated heterocycles. The molecule has 2 heterocycles. The maximum atomic E-state index is 12.4. The third-order valence-corrected chi connectivity index (χ3v) is 4.50. The zero-order valence-electron chi connectivity index (χ0n) is 15.5. The summed E-state index contributed by atoms with van der Waals surface area (Å²) in [4.78, 5) is 18.5. The van der Waals surface area contributed by atoms with Crippen LogP contribution in [0.25, 0.3) is 11.1 Å². The van der Waals surface area contributed by atoms with Crippen molar-refractivity contribution < 1.29 is 22.3 Å². The van der Waals surface area contributed by atoms with Crippen LogP contribution in [0.3, 0.4) is 0 Å². The number of nitrogens with two attached hydrogens (primary N) is 1. The molecule has 0 spiro atoms. The topological polar surface area (TPSA) is 118 Å². The van der Waals surface area contributed by atoms with E-state index in [0.29, 0.717) is 27.9 Å². The molecule has 1 unspecified atom stereocenters. The minimum Gasteiger partial charge on any atom is -0.408 e. The number of hydrogen-bond donors (Lipinski definition) is 4. The zero-order chi connectivity index (χ0) is 21.5. The van der Waals surface area contributed by atoms with E-state index in [9.17, 15) is 18.0 Å². The number of rotatable bonds is 3. The van der Waals surface area contributed by atoms with Crippen molar-refractivity contribution in [2.45, 2.75) is 18.9 Å². The Bertz CT molecular complexity index is 1230. The molecule has 2 aromatic carbocycles. The lowest BCUT2D eigenvalue weighted by atomic mass is 9.93. The van der Waals surface area contributed by atoms with Crippen LogP contribution in [0, 0.1) is 0 Å². The van der Waals surface area contributed by atoms with Crippen LogP contribution in [0.4, 0.5) is 18.9 Å². The summed E-state index contributed by atoms with van der Waals surface area (Å²) in [6.07, 6.45) is -3.16. The first-order chi connectivity index (χ1) is 14.1. The molecule has 0 amide bonds. The summed E-state index contributed by atoms with van der Waals surface area (Å²) in [6, 6.07) is 10.3. The maximum Gasteiger partial charge on any atom is 0.573 e. The predicted molar refractivity (Wildman–Crippen MR) is 104 cm³/mol. The molecule has 1 aliphatic rings. The normalized spacial score (nSPS) is 19.1. The van der Waals surface area contributed by atoms with Gasteiger partial charge in [-0.25, -0.2) is 9.79 Å². The molecular formula is C19H16F3N5O3. The van der Waals surface area contributed by atoms with Gasteiger partial charge in [0.1, 0.15) is 5.75 Å². The molecule has 3 aromatic rings. The average molecular weight is 419 g/mol. The van der Waals surface area contributed by atoms with E-state index in [4.69, 9.17) is 10.2 Å². The molecule has 1 atom stereocenters. The molecule has 0 fully saturated rings. The molecule has 8 nitrogen and oxygen atoms in total. The second-order valence-electron chi connectivity index (χ2n) is 6.62. The number of guanidine groups is 1. The molecule has 156 valence electrons. The first kappa shape index (κ1) is 19.6. The fourth-order valence-electron chi connectivity index (χ4n) is 3.04. The van der Waals surface area contributed by atoms with Crippen LogP contribution in [0.1, 0.15) is 12.5 Å². The fraction of sp³-hybridized carbons (Fsp3) is 0.158. The van der Waals surface area contributed by atoms with Crippen molar-refractivity contribution in [1.82, 2.24) is 10.3 Å². The summed E-state index contributed by atoms with van der Waals surface area (Å²) in [6.45, 7) is 1.77. The highest BCUT2D eigenvalue weighted by Crippen LogP contribution is 2.32. The number of benzene rings is 2. The standard InChI is InChI=1S/C19H16F3N5O3/c1-10-9-24-16(25-12-3-2-4-13(8-12)30-19(20,21)22)27-18(10,23)11-5-6-15-14(7-11)26-17(28)29-15/h2-9H,23H2,1H3,(H,26,28)(H2,24,25,27). The number of oxazole rings is 1. The molecule has 0 aliphatic carbocycles. The van der Waals surface area contributed by atoms with Crippen molar-refractivity contribution in [3.63, 3.8) is 0 Å². The van der Waals surface area contributed by atoms with Gasteiger partial charge in [0.2, 0.25) is 5.96 Å². The van der Waals surface area contributed by atoms with E-state index < -0.39 is 17.8 Å². The first-order valence-electron chi connectivity index (χ1n) is 8.71. The number of H-pyrrole nitrogens is 1. The van der Waals surface area contributed by atoms with Crippen molar-refractivity contribution in [1.29, 1.82) is 0 Å². The van der Waals surface area contributed by atoms with Crippen molar-refractivity contribution in [3.05, 3.63) is 70.4 Å². The summed E-state index contributed by atoms with van der Waals surface area (Å²) in [5, 5.41) is 5.79. The Morgan fingerprint density at radius 3 is 2.80 bits per heavy atom. The quantitative estimate of drug-likeness (QED) is 0.518. The summed E-state index contributed by atoms with van der Waals surface area (Å²) in [5.74, 6) is -0.741. The number of hydrogen-bond acceptors (Lipinski definition) is 7. The van der Waals surface area contributed by atoms with Gasteiger partial charge in [-0.1, -0.05) is 12.1 Å². The highest BCUT2D eigenvalue weighted by molar-refractivity contribution is 5.95. The number of nitrogens with zero attached hydrogens (tertiary/aromatic N) is 1. The van der Waals surface area contributed by atoms with E-state index in [2.05, 4.69) is 25.3 Å². The maximum absolute atomic E-state index is 12.4. The van der Waals surface area contributed by atoms with Crippen molar-refractivity contribution in [3.8, 4) is 5.75 Å². The van der Waals surface area contributed by atoms with Gasteiger partial charge in [-0.05, 0) is 36.8 Å². The highest BCUT2D eigenvalue weighted by Gasteiger charge is 2.33. The van der Waals surface area contributed by atoms with Crippen molar-refractivity contribution in [2.75, 3.05) is 5.32 Å². The molecule has 0 saturated carbocycles. The molecule has 5 N–H and O–H groups in total. The summed E-state index contributed by atoms with van der Waals surface area (Å²) in [7, 11) is 0. The molecule has 30 heavy (non-hydrogen) atoms. The number of aromatic nitrogens is 1. The Morgan fingerprint density at radius 1 is 1.23 bits per heavy atom. The number of halogens is 3. The van der Waals surface area contributed by atoms with Gasteiger partial charge in [-0.3, -0.25) is 10.7 Å². The monoisotopic (exact) mass is 419 g/mol. The van der Waals surface area contributed by atoms with Gasteiger partial charge in [-0.15, -0.1) is 13.2 Å². The number of aliphatic imine (C=N–C) groups is 1. The van der Waals surface area contributed by atoms with Crippen LogP contribution in [-0.2, 0) is 5.66 Å². The third-order valence-electron chi connectivity index (χ3n) is 4.50. The van der Waals surface area contributed by atoms with Crippen LogP contribution in [0.2, 0.25) is 0 Å². The Morgan fingerprint density at radius 2 is 2.03 bits per heavy atom. The molecule has 1 aliphatic heterocycles. The number of anilines is 1. The van der Waals surface area contributed by atoms with Gasteiger partial charge in [0.15, 0.2) is 11.2 Å². The van der Waals surface area contributed by atoms with Gasteiger partial charge in [0.05, 0.1) is 5.52 Å². The van der Waals surface area contributed by atoms with E-state index in [0.717, 1.165) is 0 Å². The number of nitrogens with one attached hydrogen (secondary N) is 3. The van der Waals surface area contributed by atoms with Crippen LogP contribution in [0.5, 0.6) is 5.75 Å². The summed E-state index contributed by atoms with van der Waals surface area (Å²) < 4.78 is 46.3. The van der Waals surface area contributed by atoms with E-state index in [1.54, 1.807) is 37.4 Å². The number of ether oxygens (including phenoxy) is 1. The molecular weight excluding hydrogens is 403 g/mol. The van der Waals surface area contributed by atoms with E-state index in [1.165, 1.54) is 18.2 Å². The predicted octanol–water partition coefficient (Wildman–Crippen LogP) is 3.11. The van der Waals surface area contributed by atoms with Crippen LogP contribution in [-0.4, -0.2) is 17.3 Å². The minimum absolute atomic E-state index is 0.216. The van der Waals surface area contributed by atoms with E-state index >= 15 is 0 Å². The van der Waals surface area contributed by atoms with Gasteiger partial charge in [0, 0.05) is 23.5 Å².